The van der Waals surface area contributed by atoms with Gasteiger partial charge in [-0.15, -0.1) is 0 Å². The number of pyridine rings is 1. The van der Waals surface area contributed by atoms with Gasteiger partial charge in [-0.3, -0.25) is 9.78 Å². The van der Waals surface area contributed by atoms with E-state index in [1.165, 1.54) is 24.5 Å². The molecule has 0 atom stereocenters. The molecule has 6 heteroatoms. The Balaban J connectivity index is 2.09. The van der Waals surface area contributed by atoms with Crippen LogP contribution in [0.15, 0.2) is 41.1 Å². The maximum absolute atomic E-state index is 13.5. The molecule has 3 nitrogen and oxygen atoms in total. The number of amides is 1. The van der Waals surface area contributed by atoms with Crippen LogP contribution in [-0.4, -0.2) is 10.9 Å². The van der Waals surface area contributed by atoms with Crippen LogP contribution >= 0.6 is 27.5 Å². The summed E-state index contributed by atoms with van der Waals surface area (Å²) in [4.78, 5) is 15.7. The average Bonchev–Trinajstić information content (AvgIpc) is 2.40. The molecule has 0 unspecified atom stereocenters. The maximum atomic E-state index is 13.5. The van der Waals surface area contributed by atoms with E-state index >= 15 is 0 Å². The highest BCUT2D eigenvalue weighted by Crippen LogP contribution is 2.16. The molecule has 2 rings (SSSR count). The monoisotopic (exact) mass is 342 g/mol. The van der Waals surface area contributed by atoms with E-state index in [0.717, 1.165) is 4.47 Å². The van der Waals surface area contributed by atoms with Gasteiger partial charge in [0.05, 0.1) is 10.6 Å². The summed E-state index contributed by atoms with van der Waals surface area (Å²) in [5.41, 5.74) is 0.708. The Morgan fingerprint density at radius 3 is 2.95 bits per heavy atom. The fourth-order valence-corrected chi connectivity index (χ4v) is 2.12. The van der Waals surface area contributed by atoms with E-state index in [0.29, 0.717) is 11.1 Å². The van der Waals surface area contributed by atoms with Gasteiger partial charge in [-0.05, 0) is 24.3 Å². The third-order valence-electron chi connectivity index (χ3n) is 2.46. The molecule has 1 N–H and O–H groups in total. The number of hydrogen-bond acceptors (Lipinski definition) is 2. The van der Waals surface area contributed by atoms with E-state index in [9.17, 15) is 9.18 Å². The minimum atomic E-state index is -0.371. The van der Waals surface area contributed by atoms with Gasteiger partial charge >= 0.3 is 0 Å². The van der Waals surface area contributed by atoms with Gasteiger partial charge in [-0.1, -0.05) is 27.5 Å². The lowest BCUT2D eigenvalue weighted by Crippen LogP contribution is -2.23. The topological polar surface area (TPSA) is 42.0 Å². The SMILES string of the molecule is O=C(NCc1cc(Br)ccc1F)c1ccncc1Cl. The van der Waals surface area contributed by atoms with Crippen molar-refractivity contribution in [2.75, 3.05) is 0 Å². The minimum Gasteiger partial charge on any atom is -0.348 e. The Morgan fingerprint density at radius 1 is 1.42 bits per heavy atom. The van der Waals surface area contributed by atoms with Crippen LogP contribution in [0, 0.1) is 5.82 Å². The summed E-state index contributed by atoms with van der Waals surface area (Å²) >= 11 is 9.10. The second-order valence-corrected chi connectivity index (χ2v) is 5.10. The van der Waals surface area contributed by atoms with E-state index in [-0.39, 0.29) is 23.3 Å². The molecular weight excluding hydrogens is 335 g/mol. The van der Waals surface area contributed by atoms with Crippen LogP contribution in [0.3, 0.4) is 0 Å². The number of rotatable bonds is 3. The Hall–Kier alpha value is -1.46. The molecule has 0 radical (unpaired) electrons. The van der Waals surface area contributed by atoms with Crippen molar-refractivity contribution in [3.8, 4) is 0 Å². The summed E-state index contributed by atoms with van der Waals surface area (Å²) in [5.74, 6) is -0.740. The molecule has 2 aromatic rings. The first-order valence-electron chi connectivity index (χ1n) is 5.39. The van der Waals surface area contributed by atoms with Crippen LogP contribution in [0.1, 0.15) is 15.9 Å². The number of benzene rings is 1. The van der Waals surface area contributed by atoms with Gasteiger partial charge < -0.3 is 5.32 Å². The zero-order chi connectivity index (χ0) is 13.8. The number of nitrogens with one attached hydrogen (secondary N) is 1. The van der Waals surface area contributed by atoms with Gasteiger partial charge in [-0.25, -0.2) is 4.39 Å². The van der Waals surface area contributed by atoms with E-state index in [2.05, 4.69) is 26.2 Å². The molecule has 0 spiro atoms. The molecule has 0 aliphatic heterocycles. The number of carbonyl (C=O) groups excluding carboxylic acids is 1. The van der Waals surface area contributed by atoms with E-state index in [4.69, 9.17) is 11.6 Å². The van der Waals surface area contributed by atoms with Gasteiger partial charge in [0, 0.05) is 29.0 Å². The molecule has 0 saturated carbocycles. The molecule has 0 fully saturated rings. The normalized spacial score (nSPS) is 10.3. The lowest BCUT2D eigenvalue weighted by molar-refractivity contribution is 0.0950. The second kappa shape index (κ2) is 6.12. The van der Waals surface area contributed by atoms with Crippen molar-refractivity contribution in [2.45, 2.75) is 6.54 Å². The summed E-state index contributed by atoms with van der Waals surface area (Å²) in [5, 5.41) is 2.87. The fourth-order valence-electron chi connectivity index (χ4n) is 1.51. The summed E-state index contributed by atoms with van der Waals surface area (Å²) in [6.07, 6.45) is 2.86. The van der Waals surface area contributed by atoms with E-state index in [1.54, 1.807) is 12.1 Å². The first-order chi connectivity index (χ1) is 9.08. The number of carbonyl (C=O) groups is 1. The summed E-state index contributed by atoms with van der Waals surface area (Å²) in [7, 11) is 0. The first kappa shape index (κ1) is 14.0. The third-order valence-corrected chi connectivity index (χ3v) is 3.26. The van der Waals surface area contributed by atoms with Gasteiger partial charge in [0.15, 0.2) is 0 Å². The summed E-state index contributed by atoms with van der Waals surface area (Å²) in [6, 6.07) is 6.06. The Kier molecular flexibility index (Phi) is 4.50. The predicted octanol–water partition coefficient (Wildman–Crippen LogP) is 3.57. The highest BCUT2D eigenvalue weighted by Gasteiger charge is 2.10. The number of nitrogens with zero attached hydrogens (tertiary/aromatic N) is 1. The molecule has 1 heterocycles. The molecule has 0 saturated heterocycles. The molecule has 0 aliphatic carbocycles. The maximum Gasteiger partial charge on any atom is 0.253 e. The van der Waals surface area contributed by atoms with Gasteiger partial charge in [0.1, 0.15) is 5.82 Å². The fraction of sp³-hybridized carbons (Fsp3) is 0.0769. The Morgan fingerprint density at radius 2 is 2.21 bits per heavy atom. The molecule has 0 bridgehead atoms. The van der Waals surface area contributed by atoms with Crippen LogP contribution in [0.4, 0.5) is 4.39 Å². The number of halogens is 3. The first-order valence-corrected chi connectivity index (χ1v) is 6.56. The van der Waals surface area contributed by atoms with Gasteiger partial charge in [-0.2, -0.15) is 0 Å². The molecule has 1 aromatic carbocycles. The van der Waals surface area contributed by atoms with Crippen LogP contribution in [0.25, 0.3) is 0 Å². The third kappa shape index (κ3) is 3.52. The zero-order valence-electron chi connectivity index (χ0n) is 9.66. The van der Waals surface area contributed by atoms with E-state index < -0.39 is 0 Å². The molecular formula is C13H9BrClFN2O. The van der Waals surface area contributed by atoms with Gasteiger partial charge in [0.2, 0.25) is 0 Å². The van der Waals surface area contributed by atoms with Crippen LogP contribution < -0.4 is 5.32 Å². The van der Waals surface area contributed by atoms with Crippen molar-refractivity contribution in [3.63, 3.8) is 0 Å². The molecule has 0 aliphatic rings. The Labute approximate surface area is 122 Å². The van der Waals surface area contributed by atoms with Crippen LogP contribution in [0.5, 0.6) is 0 Å². The summed E-state index contributed by atoms with van der Waals surface area (Å²) in [6.45, 7) is 0.0861. The van der Waals surface area contributed by atoms with Crippen molar-refractivity contribution in [2.24, 2.45) is 0 Å². The molecule has 98 valence electrons. The van der Waals surface area contributed by atoms with Crippen molar-refractivity contribution in [3.05, 3.63) is 63.1 Å². The van der Waals surface area contributed by atoms with Crippen LogP contribution in [0.2, 0.25) is 5.02 Å². The molecule has 1 aromatic heterocycles. The minimum absolute atomic E-state index is 0.0861. The van der Waals surface area contributed by atoms with Crippen molar-refractivity contribution in [1.82, 2.24) is 10.3 Å². The zero-order valence-corrected chi connectivity index (χ0v) is 12.0. The predicted molar refractivity (Wildman–Crippen MR) is 74.5 cm³/mol. The number of aromatic nitrogens is 1. The largest absolute Gasteiger partial charge is 0.348 e. The van der Waals surface area contributed by atoms with Crippen molar-refractivity contribution >= 4 is 33.4 Å². The van der Waals surface area contributed by atoms with E-state index in [1.807, 2.05) is 0 Å². The summed E-state index contributed by atoms with van der Waals surface area (Å²) < 4.78 is 14.2. The lowest BCUT2D eigenvalue weighted by atomic mass is 10.2. The van der Waals surface area contributed by atoms with Crippen LogP contribution in [-0.2, 0) is 6.54 Å². The number of hydrogen-bond donors (Lipinski definition) is 1. The lowest BCUT2D eigenvalue weighted by Gasteiger charge is -2.07. The molecule has 19 heavy (non-hydrogen) atoms. The smallest absolute Gasteiger partial charge is 0.253 e. The Bertz CT molecular complexity index is 621. The second-order valence-electron chi connectivity index (χ2n) is 3.77. The highest BCUT2D eigenvalue weighted by molar-refractivity contribution is 9.10. The average molecular weight is 344 g/mol. The highest BCUT2D eigenvalue weighted by atomic mass is 79.9. The van der Waals surface area contributed by atoms with Crippen molar-refractivity contribution in [1.29, 1.82) is 0 Å². The quantitative estimate of drug-likeness (QED) is 0.926. The van der Waals surface area contributed by atoms with Gasteiger partial charge in [0.25, 0.3) is 5.91 Å². The molecule has 1 amide bonds. The standard InChI is InChI=1S/C13H9BrClFN2O/c14-9-1-2-12(16)8(5-9)6-18-13(19)10-3-4-17-7-11(10)15/h1-5,7H,6H2,(H,18,19). The van der Waals surface area contributed by atoms with Crippen molar-refractivity contribution < 1.29 is 9.18 Å².